The summed E-state index contributed by atoms with van der Waals surface area (Å²) in [6.07, 6.45) is 2.38. The van der Waals surface area contributed by atoms with E-state index in [4.69, 9.17) is 15.6 Å². The lowest BCUT2D eigenvalue weighted by molar-refractivity contribution is -0.143. The maximum Gasteiger partial charge on any atom is 0.323 e. The van der Waals surface area contributed by atoms with Gasteiger partial charge in [-0.05, 0) is 39.0 Å². The lowest BCUT2D eigenvalue weighted by Gasteiger charge is -2.20. The van der Waals surface area contributed by atoms with Crippen molar-refractivity contribution in [3.8, 4) is 0 Å². The molecule has 4 nitrogen and oxygen atoms in total. The van der Waals surface area contributed by atoms with Crippen LogP contribution in [0.5, 0.6) is 0 Å². The van der Waals surface area contributed by atoms with Crippen LogP contribution in [0.3, 0.4) is 0 Å². The minimum atomic E-state index is -1.13. The fraction of sp³-hybridized carbons (Fsp3) is 0.917. The van der Waals surface area contributed by atoms with Crippen LogP contribution in [0.2, 0.25) is 0 Å². The van der Waals surface area contributed by atoms with Crippen LogP contribution in [-0.2, 0) is 9.53 Å². The van der Waals surface area contributed by atoms with Gasteiger partial charge in [0.05, 0.1) is 6.10 Å². The van der Waals surface area contributed by atoms with Crippen LogP contribution < -0.4 is 5.73 Å². The molecule has 0 saturated carbocycles. The Bertz CT molecular complexity index is 214. The first kappa shape index (κ1) is 15.4. The Morgan fingerprint density at radius 1 is 1.44 bits per heavy atom. The fourth-order valence-electron chi connectivity index (χ4n) is 1.56. The lowest BCUT2D eigenvalue weighted by atomic mass is 9.98. The molecule has 2 unspecified atom stereocenters. The molecule has 4 heteroatoms. The number of carboxylic acid groups (broad SMARTS) is 1. The van der Waals surface area contributed by atoms with Crippen molar-refractivity contribution in [3.05, 3.63) is 0 Å². The van der Waals surface area contributed by atoms with E-state index in [1.165, 1.54) is 6.92 Å². The van der Waals surface area contributed by atoms with Gasteiger partial charge in [0.25, 0.3) is 0 Å². The van der Waals surface area contributed by atoms with Crippen molar-refractivity contribution in [2.75, 3.05) is 6.61 Å². The zero-order chi connectivity index (χ0) is 12.8. The number of carboxylic acids is 1. The molecule has 0 bridgehead atoms. The molecule has 0 radical (unpaired) electrons. The zero-order valence-electron chi connectivity index (χ0n) is 10.8. The van der Waals surface area contributed by atoms with E-state index in [-0.39, 0.29) is 6.10 Å². The molecule has 16 heavy (non-hydrogen) atoms. The van der Waals surface area contributed by atoms with E-state index in [2.05, 4.69) is 13.8 Å². The van der Waals surface area contributed by atoms with Gasteiger partial charge in [0.1, 0.15) is 5.54 Å². The van der Waals surface area contributed by atoms with Crippen molar-refractivity contribution in [2.24, 2.45) is 11.7 Å². The van der Waals surface area contributed by atoms with Gasteiger partial charge >= 0.3 is 5.97 Å². The second-order valence-electron chi connectivity index (χ2n) is 5.14. The topological polar surface area (TPSA) is 72.5 Å². The number of hydrogen-bond donors (Lipinski definition) is 2. The minimum absolute atomic E-state index is 0.230. The molecule has 0 heterocycles. The second kappa shape index (κ2) is 6.86. The highest BCUT2D eigenvalue weighted by Crippen LogP contribution is 2.11. The summed E-state index contributed by atoms with van der Waals surface area (Å²) < 4.78 is 5.58. The van der Waals surface area contributed by atoms with Gasteiger partial charge in [0.15, 0.2) is 0 Å². The standard InChI is InChI=1S/C12H25NO3/c1-9(2)8-10(3)16-7-5-6-12(4,13)11(14)15/h9-10H,5-8,13H2,1-4H3,(H,14,15). The lowest BCUT2D eigenvalue weighted by Crippen LogP contribution is -2.44. The van der Waals surface area contributed by atoms with Gasteiger partial charge in [-0.25, -0.2) is 0 Å². The smallest absolute Gasteiger partial charge is 0.323 e. The summed E-state index contributed by atoms with van der Waals surface area (Å²) in [6.45, 7) is 8.46. The molecule has 0 saturated heterocycles. The van der Waals surface area contributed by atoms with Gasteiger partial charge in [-0.15, -0.1) is 0 Å². The maximum atomic E-state index is 10.7. The predicted molar refractivity (Wildman–Crippen MR) is 64.3 cm³/mol. The third kappa shape index (κ3) is 6.80. The average Bonchev–Trinajstić information content (AvgIpc) is 2.11. The Kier molecular flexibility index (Phi) is 6.60. The van der Waals surface area contributed by atoms with E-state index in [1.807, 2.05) is 6.92 Å². The van der Waals surface area contributed by atoms with Crippen LogP contribution in [0, 0.1) is 5.92 Å². The second-order valence-corrected chi connectivity index (χ2v) is 5.14. The monoisotopic (exact) mass is 231 g/mol. The van der Waals surface area contributed by atoms with E-state index in [0.717, 1.165) is 6.42 Å². The molecular formula is C12H25NO3. The van der Waals surface area contributed by atoms with Crippen molar-refractivity contribution < 1.29 is 14.6 Å². The van der Waals surface area contributed by atoms with E-state index < -0.39 is 11.5 Å². The Labute approximate surface area is 98.2 Å². The molecule has 0 amide bonds. The first-order chi connectivity index (χ1) is 7.25. The summed E-state index contributed by atoms with van der Waals surface area (Å²) in [5.74, 6) is -0.337. The minimum Gasteiger partial charge on any atom is -0.480 e. The van der Waals surface area contributed by atoms with Crippen molar-refractivity contribution in [3.63, 3.8) is 0 Å². The van der Waals surface area contributed by atoms with Crippen LogP contribution in [-0.4, -0.2) is 29.3 Å². The highest BCUT2D eigenvalue weighted by molar-refractivity contribution is 5.77. The Morgan fingerprint density at radius 2 is 2.00 bits per heavy atom. The summed E-state index contributed by atoms with van der Waals surface area (Å²) in [4.78, 5) is 10.7. The van der Waals surface area contributed by atoms with Gasteiger partial charge < -0.3 is 15.6 Å². The van der Waals surface area contributed by atoms with Crippen molar-refractivity contribution in [1.82, 2.24) is 0 Å². The summed E-state index contributed by atoms with van der Waals surface area (Å²) in [6, 6.07) is 0. The van der Waals surface area contributed by atoms with Gasteiger partial charge in [0, 0.05) is 6.61 Å². The van der Waals surface area contributed by atoms with Gasteiger partial charge in [-0.2, -0.15) is 0 Å². The molecule has 0 rings (SSSR count). The summed E-state index contributed by atoms with van der Waals surface area (Å²) >= 11 is 0. The summed E-state index contributed by atoms with van der Waals surface area (Å²) in [5, 5.41) is 8.80. The molecule has 0 aliphatic rings. The van der Waals surface area contributed by atoms with Crippen LogP contribution in [0.4, 0.5) is 0 Å². The largest absolute Gasteiger partial charge is 0.480 e. The molecular weight excluding hydrogens is 206 g/mol. The summed E-state index contributed by atoms with van der Waals surface area (Å²) in [5.41, 5.74) is 4.47. The molecule has 0 aliphatic carbocycles. The number of carbonyl (C=O) groups is 1. The third-order valence-electron chi connectivity index (χ3n) is 2.53. The highest BCUT2D eigenvalue weighted by atomic mass is 16.5. The van der Waals surface area contributed by atoms with Gasteiger partial charge in [-0.1, -0.05) is 13.8 Å². The van der Waals surface area contributed by atoms with Crippen LogP contribution in [0.1, 0.15) is 47.0 Å². The van der Waals surface area contributed by atoms with Crippen LogP contribution >= 0.6 is 0 Å². The van der Waals surface area contributed by atoms with Crippen molar-refractivity contribution in [1.29, 1.82) is 0 Å². The number of hydrogen-bond acceptors (Lipinski definition) is 3. The van der Waals surface area contributed by atoms with E-state index in [9.17, 15) is 4.79 Å². The molecule has 0 aromatic carbocycles. The molecule has 3 N–H and O–H groups in total. The first-order valence-corrected chi connectivity index (χ1v) is 5.89. The Morgan fingerprint density at radius 3 is 2.44 bits per heavy atom. The number of nitrogens with two attached hydrogens (primary N) is 1. The molecule has 0 fully saturated rings. The molecule has 96 valence electrons. The van der Waals surface area contributed by atoms with Crippen LogP contribution in [0.15, 0.2) is 0 Å². The first-order valence-electron chi connectivity index (χ1n) is 5.89. The fourth-order valence-corrected chi connectivity index (χ4v) is 1.56. The normalized spacial score (nSPS) is 17.1. The van der Waals surface area contributed by atoms with Gasteiger partial charge in [0.2, 0.25) is 0 Å². The molecule has 2 atom stereocenters. The molecule has 0 aliphatic heterocycles. The molecule has 0 aromatic heterocycles. The number of rotatable bonds is 8. The average molecular weight is 231 g/mol. The van der Waals surface area contributed by atoms with E-state index >= 15 is 0 Å². The van der Waals surface area contributed by atoms with Crippen molar-refractivity contribution in [2.45, 2.75) is 58.6 Å². The van der Waals surface area contributed by atoms with E-state index in [1.54, 1.807) is 0 Å². The SMILES string of the molecule is CC(C)CC(C)OCCCC(C)(N)C(=O)O. The Hall–Kier alpha value is -0.610. The number of aliphatic carboxylic acids is 1. The quantitative estimate of drug-likeness (QED) is 0.627. The summed E-state index contributed by atoms with van der Waals surface area (Å²) in [7, 11) is 0. The van der Waals surface area contributed by atoms with Gasteiger partial charge in [-0.3, -0.25) is 4.79 Å². The van der Waals surface area contributed by atoms with Crippen LogP contribution in [0.25, 0.3) is 0 Å². The third-order valence-corrected chi connectivity index (χ3v) is 2.53. The molecule has 0 aromatic rings. The molecule has 0 spiro atoms. The highest BCUT2D eigenvalue weighted by Gasteiger charge is 2.26. The zero-order valence-corrected chi connectivity index (χ0v) is 10.8. The Balaban J connectivity index is 3.64. The number of ether oxygens (including phenoxy) is 1. The van der Waals surface area contributed by atoms with E-state index in [0.29, 0.717) is 25.4 Å². The maximum absolute atomic E-state index is 10.7. The predicted octanol–water partition coefficient (Wildman–Crippen LogP) is 2.02. The van der Waals surface area contributed by atoms with Crippen molar-refractivity contribution >= 4 is 5.97 Å².